The zero-order valence-electron chi connectivity index (χ0n) is 17.6. The van der Waals surface area contributed by atoms with Gasteiger partial charge < -0.3 is 23.9 Å². The highest BCUT2D eigenvalue weighted by molar-refractivity contribution is 5.97. The largest absolute Gasteiger partial charge is 0.497 e. The van der Waals surface area contributed by atoms with Gasteiger partial charge in [0.15, 0.2) is 11.3 Å². The SMILES string of the molecule is COc1ccc(C2(CNC(=O)c3cc4cccc(OC)c4oc3=O)CCOCC2)cc1. The van der Waals surface area contributed by atoms with Crippen molar-refractivity contribution in [2.24, 2.45) is 0 Å². The Morgan fingerprint density at radius 2 is 1.81 bits per heavy atom. The van der Waals surface area contributed by atoms with Gasteiger partial charge in [-0.15, -0.1) is 0 Å². The molecule has 1 aliphatic rings. The fourth-order valence-electron chi connectivity index (χ4n) is 4.06. The first-order chi connectivity index (χ1) is 15.1. The Morgan fingerprint density at radius 3 is 2.48 bits per heavy atom. The van der Waals surface area contributed by atoms with E-state index in [-0.39, 0.29) is 11.0 Å². The van der Waals surface area contributed by atoms with Crippen molar-refractivity contribution in [2.45, 2.75) is 18.3 Å². The molecule has 0 spiro atoms. The Labute approximate surface area is 179 Å². The van der Waals surface area contributed by atoms with E-state index >= 15 is 0 Å². The maximum absolute atomic E-state index is 12.9. The van der Waals surface area contributed by atoms with E-state index in [1.807, 2.05) is 24.3 Å². The molecule has 0 saturated carbocycles. The molecule has 1 aliphatic heterocycles. The summed E-state index contributed by atoms with van der Waals surface area (Å²) in [6.07, 6.45) is 1.53. The summed E-state index contributed by atoms with van der Waals surface area (Å²) >= 11 is 0. The first kappa shape index (κ1) is 20.9. The monoisotopic (exact) mass is 423 g/mol. The molecule has 7 nitrogen and oxygen atoms in total. The fourth-order valence-corrected chi connectivity index (χ4v) is 4.06. The van der Waals surface area contributed by atoms with Gasteiger partial charge in [0.1, 0.15) is 11.3 Å². The summed E-state index contributed by atoms with van der Waals surface area (Å²) in [5.74, 6) is 0.763. The van der Waals surface area contributed by atoms with Gasteiger partial charge in [-0.05, 0) is 42.7 Å². The molecule has 0 unspecified atom stereocenters. The highest BCUT2D eigenvalue weighted by Gasteiger charge is 2.35. The van der Waals surface area contributed by atoms with Crippen LogP contribution in [-0.2, 0) is 10.2 Å². The third-order valence-corrected chi connectivity index (χ3v) is 5.93. The van der Waals surface area contributed by atoms with Crippen molar-refractivity contribution >= 4 is 16.9 Å². The zero-order chi connectivity index (χ0) is 21.8. The van der Waals surface area contributed by atoms with Crippen LogP contribution in [0.5, 0.6) is 11.5 Å². The number of carbonyl (C=O) groups is 1. The molecular formula is C24H25NO6. The number of hydrogen-bond donors (Lipinski definition) is 1. The van der Waals surface area contributed by atoms with E-state index in [0.29, 0.717) is 36.5 Å². The van der Waals surface area contributed by atoms with Gasteiger partial charge in [0.25, 0.3) is 5.91 Å². The van der Waals surface area contributed by atoms with Gasteiger partial charge in [0.2, 0.25) is 0 Å². The van der Waals surface area contributed by atoms with Gasteiger partial charge in [-0.1, -0.05) is 24.3 Å². The van der Waals surface area contributed by atoms with Crippen molar-refractivity contribution in [3.05, 3.63) is 70.1 Å². The number of fused-ring (bicyclic) bond motifs is 1. The van der Waals surface area contributed by atoms with Gasteiger partial charge >= 0.3 is 5.63 Å². The van der Waals surface area contributed by atoms with Crippen LogP contribution in [0.4, 0.5) is 0 Å². The van der Waals surface area contributed by atoms with Crippen LogP contribution in [0.3, 0.4) is 0 Å². The molecule has 1 aromatic heterocycles. The second-order valence-electron chi connectivity index (χ2n) is 7.63. The lowest BCUT2D eigenvalue weighted by Crippen LogP contribution is -2.45. The Hall–Kier alpha value is -3.32. The first-order valence-corrected chi connectivity index (χ1v) is 10.2. The average molecular weight is 423 g/mol. The number of methoxy groups -OCH3 is 2. The van der Waals surface area contributed by atoms with E-state index in [4.69, 9.17) is 18.6 Å². The van der Waals surface area contributed by atoms with Crippen LogP contribution in [0.2, 0.25) is 0 Å². The number of para-hydroxylation sites is 1. The third kappa shape index (κ3) is 4.14. The molecule has 31 heavy (non-hydrogen) atoms. The molecule has 2 aromatic carbocycles. The maximum atomic E-state index is 12.9. The Morgan fingerprint density at radius 1 is 1.06 bits per heavy atom. The van der Waals surface area contributed by atoms with Crippen molar-refractivity contribution < 1.29 is 23.4 Å². The van der Waals surface area contributed by atoms with Crippen LogP contribution < -0.4 is 20.4 Å². The summed E-state index contributed by atoms with van der Waals surface area (Å²) in [5.41, 5.74) is 0.427. The summed E-state index contributed by atoms with van der Waals surface area (Å²) in [7, 11) is 3.13. The van der Waals surface area contributed by atoms with Crippen molar-refractivity contribution in [1.29, 1.82) is 0 Å². The van der Waals surface area contributed by atoms with Crippen molar-refractivity contribution in [3.8, 4) is 11.5 Å². The predicted octanol–water partition coefficient (Wildman–Crippen LogP) is 3.29. The molecular weight excluding hydrogens is 398 g/mol. The van der Waals surface area contributed by atoms with E-state index in [1.54, 1.807) is 31.4 Å². The minimum absolute atomic E-state index is 0.0299. The van der Waals surface area contributed by atoms with Crippen LogP contribution in [0.1, 0.15) is 28.8 Å². The molecule has 1 amide bonds. The molecule has 1 fully saturated rings. The smallest absolute Gasteiger partial charge is 0.349 e. The van der Waals surface area contributed by atoms with Crippen LogP contribution in [0, 0.1) is 0 Å². The molecule has 0 bridgehead atoms. The molecule has 0 radical (unpaired) electrons. The number of rotatable bonds is 6. The fraction of sp³-hybridized carbons (Fsp3) is 0.333. The van der Waals surface area contributed by atoms with Crippen molar-refractivity contribution in [3.63, 3.8) is 0 Å². The number of hydrogen-bond acceptors (Lipinski definition) is 6. The van der Waals surface area contributed by atoms with E-state index in [0.717, 1.165) is 24.2 Å². The normalized spacial score (nSPS) is 15.4. The van der Waals surface area contributed by atoms with E-state index in [9.17, 15) is 9.59 Å². The number of benzene rings is 2. The van der Waals surface area contributed by atoms with Gasteiger partial charge in [-0.2, -0.15) is 0 Å². The molecule has 162 valence electrons. The lowest BCUT2D eigenvalue weighted by Gasteiger charge is -2.38. The topological polar surface area (TPSA) is 87.0 Å². The molecule has 2 heterocycles. The van der Waals surface area contributed by atoms with Crippen LogP contribution in [0.25, 0.3) is 11.0 Å². The van der Waals surface area contributed by atoms with E-state index < -0.39 is 11.5 Å². The lowest BCUT2D eigenvalue weighted by molar-refractivity contribution is 0.0486. The molecule has 0 atom stereocenters. The maximum Gasteiger partial charge on any atom is 0.349 e. The molecule has 7 heteroatoms. The molecule has 1 N–H and O–H groups in total. The Bertz CT molecular complexity index is 1130. The van der Waals surface area contributed by atoms with Crippen molar-refractivity contribution in [2.75, 3.05) is 34.0 Å². The van der Waals surface area contributed by atoms with Gasteiger partial charge in [0.05, 0.1) is 14.2 Å². The number of ether oxygens (including phenoxy) is 3. The molecule has 1 saturated heterocycles. The van der Waals surface area contributed by atoms with Gasteiger partial charge in [-0.3, -0.25) is 4.79 Å². The summed E-state index contributed by atoms with van der Waals surface area (Å²) in [6, 6.07) is 14.7. The summed E-state index contributed by atoms with van der Waals surface area (Å²) in [4.78, 5) is 25.4. The quantitative estimate of drug-likeness (QED) is 0.613. The van der Waals surface area contributed by atoms with E-state index in [1.165, 1.54) is 7.11 Å². The zero-order valence-corrected chi connectivity index (χ0v) is 17.6. The summed E-state index contributed by atoms with van der Waals surface area (Å²) < 4.78 is 21.4. The van der Waals surface area contributed by atoms with Crippen LogP contribution >= 0.6 is 0 Å². The molecule has 0 aliphatic carbocycles. The second kappa shape index (κ2) is 8.81. The van der Waals surface area contributed by atoms with Crippen molar-refractivity contribution in [1.82, 2.24) is 5.32 Å². The van der Waals surface area contributed by atoms with Crippen LogP contribution in [0.15, 0.2) is 57.7 Å². The second-order valence-corrected chi connectivity index (χ2v) is 7.63. The third-order valence-electron chi connectivity index (χ3n) is 5.93. The number of nitrogens with one attached hydrogen (secondary N) is 1. The number of carbonyl (C=O) groups excluding carboxylic acids is 1. The van der Waals surface area contributed by atoms with Gasteiger partial charge in [0, 0.05) is 30.6 Å². The summed E-state index contributed by atoms with van der Waals surface area (Å²) in [5, 5.41) is 3.58. The minimum atomic E-state index is -0.694. The first-order valence-electron chi connectivity index (χ1n) is 10.2. The minimum Gasteiger partial charge on any atom is -0.497 e. The number of amides is 1. The lowest BCUT2D eigenvalue weighted by atomic mass is 9.74. The molecule has 3 aromatic rings. The Balaban J connectivity index is 1.59. The predicted molar refractivity (Wildman–Crippen MR) is 116 cm³/mol. The molecule has 4 rings (SSSR count). The Kier molecular flexibility index (Phi) is 5.95. The van der Waals surface area contributed by atoms with Gasteiger partial charge in [-0.25, -0.2) is 4.79 Å². The average Bonchev–Trinajstić information content (AvgIpc) is 2.82. The standard InChI is InChI=1S/C24H25NO6/c1-28-18-8-6-17(7-9-18)24(10-12-30-13-11-24)15-25-22(26)19-14-16-4-3-5-20(29-2)21(16)31-23(19)27/h3-9,14H,10-13,15H2,1-2H3,(H,25,26). The summed E-state index contributed by atoms with van der Waals surface area (Å²) in [6.45, 7) is 1.61. The highest BCUT2D eigenvalue weighted by Crippen LogP contribution is 2.35. The highest BCUT2D eigenvalue weighted by atomic mass is 16.5. The van der Waals surface area contributed by atoms with E-state index in [2.05, 4.69) is 5.32 Å². The van der Waals surface area contributed by atoms with Crippen LogP contribution in [-0.4, -0.2) is 39.9 Å².